The summed E-state index contributed by atoms with van der Waals surface area (Å²) in [5.41, 5.74) is 7.71. The number of rotatable bonds is 9. The first-order valence-electron chi connectivity index (χ1n) is 9.81. The number of anilines is 1. The summed E-state index contributed by atoms with van der Waals surface area (Å²) in [5.74, 6) is 1.14. The zero-order valence-electron chi connectivity index (χ0n) is 17.0. The maximum atomic E-state index is 13.0. The van der Waals surface area contributed by atoms with Crippen molar-refractivity contribution in [3.63, 3.8) is 0 Å². The Balaban J connectivity index is 1.51. The van der Waals surface area contributed by atoms with Crippen LogP contribution in [0.2, 0.25) is 5.02 Å². The third-order valence-corrected chi connectivity index (χ3v) is 6.11. The van der Waals surface area contributed by atoms with E-state index in [1.54, 1.807) is 48.0 Å². The molecule has 0 fully saturated rings. The monoisotopic (exact) mass is 459 g/mol. The van der Waals surface area contributed by atoms with Crippen molar-refractivity contribution < 1.29 is 4.74 Å². The Morgan fingerprint density at radius 2 is 2.06 bits per heavy atom. The Bertz CT molecular complexity index is 1270. The molecule has 0 saturated heterocycles. The summed E-state index contributed by atoms with van der Waals surface area (Å²) < 4.78 is 8.82. The molecular formula is C20H22ClN7O2S. The molecule has 0 spiro atoms. The largest absolute Gasteiger partial charge is 0.385 e. The van der Waals surface area contributed by atoms with Crippen LogP contribution in [0.15, 0.2) is 40.8 Å². The second-order valence-corrected chi connectivity index (χ2v) is 8.43. The quantitative estimate of drug-likeness (QED) is 0.231. The van der Waals surface area contributed by atoms with Gasteiger partial charge >= 0.3 is 0 Å². The van der Waals surface area contributed by atoms with Crippen LogP contribution in [-0.2, 0) is 17.8 Å². The summed E-state index contributed by atoms with van der Waals surface area (Å²) in [5, 5.41) is 1.80. The number of hydrogen-bond acceptors (Lipinski definition) is 8. The van der Waals surface area contributed by atoms with E-state index in [-0.39, 0.29) is 5.56 Å². The van der Waals surface area contributed by atoms with Gasteiger partial charge in [-0.2, -0.15) is 0 Å². The van der Waals surface area contributed by atoms with Crippen molar-refractivity contribution in [2.45, 2.75) is 31.1 Å². The molecule has 0 atom stereocenters. The number of imidazole rings is 1. The zero-order valence-corrected chi connectivity index (χ0v) is 18.6. The SMILES string of the molecule is COCCCn1c(SCCCn2cnc3c(N)ncnc32)nc2cc(Cl)ccc2c1=O. The third kappa shape index (κ3) is 4.65. The standard InChI is InChI=1S/C20H22ClN7O2S/c1-30-8-2-7-28-19(29)14-5-4-13(21)10-15(14)26-20(28)31-9-3-6-27-12-25-16-17(22)23-11-24-18(16)27/h4-5,10-12H,2-3,6-9H2,1H3,(H2,22,23,24). The van der Waals surface area contributed by atoms with Gasteiger partial charge in [-0.3, -0.25) is 9.36 Å². The van der Waals surface area contributed by atoms with Gasteiger partial charge in [0.2, 0.25) is 0 Å². The number of ether oxygens (including phenoxy) is 1. The highest BCUT2D eigenvalue weighted by Gasteiger charge is 2.13. The molecule has 0 amide bonds. The van der Waals surface area contributed by atoms with E-state index in [0.717, 1.165) is 18.6 Å². The van der Waals surface area contributed by atoms with Crippen molar-refractivity contribution in [3.05, 3.63) is 46.2 Å². The minimum Gasteiger partial charge on any atom is -0.385 e. The van der Waals surface area contributed by atoms with Crippen LogP contribution in [0.3, 0.4) is 0 Å². The van der Waals surface area contributed by atoms with Crippen LogP contribution in [0, 0.1) is 0 Å². The first kappa shape index (κ1) is 21.5. The van der Waals surface area contributed by atoms with Gasteiger partial charge in [-0.15, -0.1) is 0 Å². The first-order valence-corrected chi connectivity index (χ1v) is 11.2. The van der Waals surface area contributed by atoms with E-state index >= 15 is 0 Å². The molecule has 11 heteroatoms. The molecule has 0 bridgehead atoms. The van der Waals surface area contributed by atoms with Gasteiger partial charge in [-0.05, 0) is 31.0 Å². The Labute approximate surface area is 187 Å². The molecule has 0 saturated carbocycles. The Kier molecular flexibility index (Phi) is 6.69. The summed E-state index contributed by atoms with van der Waals surface area (Å²) in [6, 6.07) is 5.17. The van der Waals surface area contributed by atoms with Crippen molar-refractivity contribution in [1.82, 2.24) is 29.1 Å². The van der Waals surface area contributed by atoms with Gasteiger partial charge in [-0.25, -0.2) is 19.9 Å². The normalized spacial score (nSPS) is 11.5. The van der Waals surface area contributed by atoms with Crippen LogP contribution in [0.25, 0.3) is 22.1 Å². The average Bonchev–Trinajstić information content (AvgIpc) is 3.17. The second-order valence-electron chi connectivity index (χ2n) is 6.93. The Morgan fingerprint density at radius 1 is 1.19 bits per heavy atom. The predicted molar refractivity (Wildman–Crippen MR) is 123 cm³/mol. The van der Waals surface area contributed by atoms with Crippen molar-refractivity contribution in [2.24, 2.45) is 0 Å². The van der Waals surface area contributed by atoms with Gasteiger partial charge in [-0.1, -0.05) is 23.4 Å². The lowest BCUT2D eigenvalue weighted by atomic mass is 10.2. The number of nitrogens with two attached hydrogens (primary N) is 1. The van der Waals surface area contributed by atoms with Crippen molar-refractivity contribution in [2.75, 3.05) is 25.2 Å². The van der Waals surface area contributed by atoms with E-state index in [4.69, 9.17) is 27.1 Å². The van der Waals surface area contributed by atoms with Gasteiger partial charge < -0.3 is 15.0 Å². The van der Waals surface area contributed by atoms with Gasteiger partial charge in [0.1, 0.15) is 11.8 Å². The van der Waals surface area contributed by atoms with Crippen LogP contribution in [-0.4, -0.2) is 48.5 Å². The number of thioether (sulfide) groups is 1. The number of aromatic nitrogens is 6. The highest BCUT2D eigenvalue weighted by Crippen LogP contribution is 2.22. The summed E-state index contributed by atoms with van der Waals surface area (Å²) >= 11 is 7.66. The summed E-state index contributed by atoms with van der Waals surface area (Å²) in [4.78, 5) is 30.3. The van der Waals surface area contributed by atoms with Crippen molar-refractivity contribution in [3.8, 4) is 0 Å². The molecule has 9 nitrogen and oxygen atoms in total. The number of nitrogens with zero attached hydrogens (tertiary/aromatic N) is 6. The van der Waals surface area contributed by atoms with Crippen molar-refractivity contribution >= 4 is 51.2 Å². The summed E-state index contributed by atoms with van der Waals surface area (Å²) in [6.07, 6.45) is 4.72. The van der Waals surface area contributed by atoms with E-state index < -0.39 is 0 Å². The lowest BCUT2D eigenvalue weighted by Gasteiger charge is -2.13. The molecule has 4 aromatic rings. The topological polar surface area (TPSA) is 114 Å². The van der Waals surface area contributed by atoms with Crippen LogP contribution in [0.5, 0.6) is 0 Å². The molecular weight excluding hydrogens is 438 g/mol. The smallest absolute Gasteiger partial charge is 0.262 e. The Morgan fingerprint density at radius 3 is 2.90 bits per heavy atom. The molecule has 0 aliphatic rings. The third-order valence-electron chi connectivity index (χ3n) is 4.82. The molecule has 1 aromatic carbocycles. The molecule has 31 heavy (non-hydrogen) atoms. The maximum absolute atomic E-state index is 13.0. The fraction of sp³-hybridized carbons (Fsp3) is 0.350. The van der Waals surface area contributed by atoms with Gasteiger partial charge in [0.25, 0.3) is 5.56 Å². The molecule has 2 N–H and O–H groups in total. The average molecular weight is 460 g/mol. The number of halogens is 1. The van der Waals surface area contributed by atoms with Crippen LogP contribution < -0.4 is 11.3 Å². The van der Waals surface area contributed by atoms with E-state index in [9.17, 15) is 4.79 Å². The molecule has 3 heterocycles. The van der Waals surface area contributed by atoms with Crippen LogP contribution in [0.1, 0.15) is 12.8 Å². The summed E-state index contributed by atoms with van der Waals surface area (Å²) in [6.45, 7) is 1.84. The molecule has 0 aliphatic heterocycles. The minimum atomic E-state index is -0.0620. The van der Waals surface area contributed by atoms with E-state index in [2.05, 4.69) is 15.0 Å². The molecule has 0 aliphatic carbocycles. The highest BCUT2D eigenvalue weighted by molar-refractivity contribution is 7.99. The molecule has 162 valence electrons. The fourth-order valence-corrected chi connectivity index (χ4v) is 4.42. The molecule has 0 unspecified atom stereocenters. The maximum Gasteiger partial charge on any atom is 0.262 e. The summed E-state index contributed by atoms with van der Waals surface area (Å²) in [7, 11) is 1.65. The molecule has 0 radical (unpaired) electrons. The number of nitrogen functional groups attached to an aromatic ring is 1. The lowest BCUT2D eigenvalue weighted by molar-refractivity contribution is 0.189. The van der Waals surface area contributed by atoms with Crippen LogP contribution in [0.4, 0.5) is 5.82 Å². The van der Waals surface area contributed by atoms with E-state index in [1.807, 2.05) is 4.57 Å². The first-order chi connectivity index (χ1) is 15.1. The van der Waals surface area contributed by atoms with E-state index in [0.29, 0.717) is 57.8 Å². The van der Waals surface area contributed by atoms with Crippen molar-refractivity contribution in [1.29, 1.82) is 0 Å². The van der Waals surface area contributed by atoms with Gasteiger partial charge in [0.05, 0.1) is 17.2 Å². The highest BCUT2D eigenvalue weighted by atomic mass is 35.5. The lowest BCUT2D eigenvalue weighted by Crippen LogP contribution is -2.24. The molecule has 3 aromatic heterocycles. The van der Waals surface area contributed by atoms with Crippen LogP contribution >= 0.6 is 23.4 Å². The fourth-order valence-electron chi connectivity index (χ4n) is 3.31. The number of fused-ring (bicyclic) bond motifs is 2. The van der Waals surface area contributed by atoms with Gasteiger partial charge in [0.15, 0.2) is 16.6 Å². The number of benzene rings is 1. The van der Waals surface area contributed by atoms with Gasteiger partial charge in [0, 0.05) is 37.6 Å². The minimum absolute atomic E-state index is 0.0620. The number of aryl methyl sites for hydroxylation is 1. The number of hydrogen-bond donors (Lipinski definition) is 1. The van der Waals surface area contributed by atoms with E-state index in [1.165, 1.54) is 6.33 Å². The molecule has 4 rings (SSSR count). The second kappa shape index (κ2) is 9.63. The number of methoxy groups -OCH3 is 1. The Hall–Kier alpha value is -2.69. The predicted octanol–water partition coefficient (Wildman–Crippen LogP) is 2.99. The zero-order chi connectivity index (χ0) is 21.8.